The van der Waals surface area contributed by atoms with Gasteiger partial charge in [-0.1, -0.05) is 42.5 Å². The zero-order valence-corrected chi connectivity index (χ0v) is 16.9. The number of aromatic nitrogens is 1. The van der Waals surface area contributed by atoms with E-state index in [1.54, 1.807) is 42.7 Å². The van der Waals surface area contributed by atoms with Crippen LogP contribution >= 0.6 is 0 Å². The molecule has 0 aliphatic carbocycles. The number of amides is 1. The van der Waals surface area contributed by atoms with Crippen LogP contribution in [0.25, 0.3) is 0 Å². The van der Waals surface area contributed by atoms with Crippen LogP contribution in [0.15, 0.2) is 103 Å². The molecule has 3 aromatic carbocycles. The SMILES string of the molecule is O=C(Nc1cccc(OCc2cccnc2)c1)c1ccc(OCc2ccccc2)cc1. The maximum atomic E-state index is 12.6. The predicted octanol–water partition coefficient (Wildman–Crippen LogP) is 5.49. The molecule has 5 nitrogen and oxygen atoms in total. The number of ether oxygens (including phenoxy) is 2. The standard InChI is InChI=1S/C26H22N2O3/c29-26(22-11-13-24(14-12-22)30-18-20-6-2-1-3-7-20)28-23-9-4-10-25(16-23)31-19-21-8-5-15-27-17-21/h1-17H,18-19H2,(H,28,29). The van der Waals surface area contributed by atoms with Crippen LogP contribution in [0, 0.1) is 0 Å². The van der Waals surface area contributed by atoms with Gasteiger partial charge in [-0.15, -0.1) is 0 Å². The van der Waals surface area contributed by atoms with E-state index in [0.717, 1.165) is 11.1 Å². The average molecular weight is 410 g/mol. The Balaban J connectivity index is 1.32. The van der Waals surface area contributed by atoms with Crippen LogP contribution in [-0.4, -0.2) is 10.9 Å². The summed E-state index contributed by atoms with van der Waals surface area (Å²) in [5.41, 5.74) is 3.29. The van der Waals surface area contributed by atoms with Crippen LogP contribution in [-0.2, 0) is 13.2 Å². The molecular weight excluding hydrogens is 388 g/mol. The first kappa shape index (κ1) is 20.2. The molecule has 154 valence electrons. The Morgan fingerprint density at radius 3 is 2.26 bits per heavy atom. The van der Waals surface area contributed by atoms with E-state index in [2.05, 4.69) is 10.3 Å². The summed E-state index contributed by atoms with van der Waals surface area (Å²) in [4.78, 5) is 16.7. The average Bonchev–Trinajstić information content (AvgIpc) is 2.83. The monoisotopic (exact) mass is 410 g/mol. The van der Waals surface area contributed by atoms with Gasteiger partial charge in [0.05, 0.1) is 0 Å². The number of pyridine rings is 1. The molecule has 4 aromatic rings. The van der Waals surface area contributed by atoms with Gasteiger partial charge < -0.3 is 14.8 Å². The number of nitrogens with zero attached hydrogens (tertiary/aromatic N) is 1. The van der Waals surface area contributed by atoms with E-state index in [0.29, 0.717) is 36.0 Å². The van der Waals surface area contributed by atoms with Crippen molar-refractivity contribution in [3.63, 3.8) is 0 Å². The molecule has 1 N–H and O–H groups in total. The van der Waals surface area contributed by atoms with Crippen molar-refractivity contribution in [3.05, 3.63) is 120 Å². The fourth-order valence-corrected chi connectivity index (χ4v) is 2.96. The van der Waals surface area contributed by atoms with Gasteiger partial charge in [-0.3, -0.25) is 9.78 Å². The first-order valence-corrected chi connectivity index (χ1v) is 9.96. The molecule has 0 atom stereocenters. The zero-order valence-electron chi connectivity index (χ0n) is 16.9. The number of carbonyl (C=O) groups excluding carboxylic acids is 1. The minimum Gasteiger partial charge on any atom is -0.489 e. The lowest BCUT2D eigenvalue weighted by molar-refractivity contribution is 0.102. The summed E-state index contributed by atoms with van der Waals surface area (Å²) in [6.45, 7) is 0.897. The maximum Gasteiger partial charge on any atom is 0.255 e. The van der Waals surface area contributed by atoms with Gasteiger partial charge in [0.1, 0.15) is 24.7 Å². The highest BCUT2D eigenvalue weighted by Crippen LogP contribution is 2.20. The van der Waals surface area contributed by atoms with Crippen LogP contribution in [0.5, 0.6) is 11.5 Å². The minimum absolute atomic E-state index is 0.195. The second-order valence-corrected chi connectivity index (χ2v) is 6.93. The van der Waals surface area contributed by atoms with Crippen molar-refractivity contribution in [2.24, 2.45) is 0 Å². The Morgan fingerprint density at radius 1 is 0.742 bits per heavy atom. The summed E-state index contributed by atoms with van der Waals surface area (Å²) in [6.07, 6.45) is 3.49. The highest BCUT2D eigenvalue weighted by molar-refractivity contribution is 6.04. The second kappa shape index (κ2) is 10.1. The topological polar surface area (TPSA) is 60.5 Å². The summed E-state index contributed by atoms with van der Waals surface area (Å²) < 4.78 is 11.6. The summed E-state index contributed by atoms with van der Waals surface area (Å²) in [7, 11) is 0. The van der Waals surface area contributed by atoms with E-state index in [9.17, 15) is 4.79 Å². The van der Waals surface area contributed by atoms with E-state index in [-0.39, 0.29) is 5.91 Å². The summed E-state index contributed by atoms with van der Waals surface area (Å²) in [5, 5.41) is 2.90. The van der Waals surface area contributed by atoms with Crippen molar-refractivity contribution in [2.45, 2.75) is 13.2 Å². The molecule has 5 heteroatoms. The molecule has 0 aliphatic rings. The Morgan fingerprint density at radius 2 is 1.48 bits per heavy atom. The van der Waals surface area contributed by atoms with Gasteiger partial charge in [0.2, 0.25) is 0 Å². The Kier molecular flexibility index (Phi) is 6.55. The van der Waals surface area contributed by atoms with Gasteiger partial charge in [-0.05, 0) is 48.0 Å². The molecule has 0 radical (unpaired) electrons. The first-order chi connectivity index (χ1) is 15.3. The minimum atomic E-state index is -0.195. The number of benzene rings is 3. The third kappa shape index (κ3) is 5.93. The van der Waals surface area contributed by atoms with Gasteiger partial charge in [-0.25, -0.2) is 0 Å². The number of carbonyl (C=O) groups is 1. The van der Waals surface area contributed by atoms with Crippen molar-refractivity contribution < 1.29 is 14.3 Å². The fraction of sp³-hybridized carbons (Fsp3) is 0.0769. The lowest BCUT2D eigenvalue weighted by Crippen LogP contribution is -2.11. The maximum absolute atomic E-state index is 12.6. The molecule has 31 heavy (non-hydrogen) atoms. The van der Waals surface area contributed by atoms with Gasteiger partial charge >= 0.3 is 0 Å². The lowest BCUT2D eigenvalue weighted by atomic mass is 10.2. The molecule has 4 rings (SSSR count). The molecule has 0 aliphatic heterocycles. The van der Waals surface area contributed by atoms with Gasteiger partial charge in [-0.2, -0.15) is 0 Å². The van der Waals surface area contributed by atoms with Crippen LogP contribution in [0.2, 0.25) is 0 Å². The van der Waals surface area contributed by atoms with Crippen LogP contribution in [0.3, 0.4) is 0 Å². The van der Waals surface area contributed by atoms with E-state index in [4.69, 9.17) is 9.47 Å². The first-order valence-electron chi connectivity index (χ1n) is 9.96. The van der Waals surface area contributed by atoms with Crippen molar-refractivity contribution in [3.8, 4) is 11.5 Å². The molecule has 0 bridgehead atoms. The van der Waals surface area contributed by atoms with Crippen molar-refractivity contribution in [2.75, 3.05) is 5.32 Å². The summed E-state index contributed by atoms with van der Waals surface area (Å²) in [6, 6.07) is 28.2. The summed E-state index contributed by atoms with van der Waals surface area (Å²) >= 11 is 0. The predicted molar refractivity (Wildman–Crippen MR) is 120 cm³/mol. The zero-order chi connectivity index (χ0) is 21.3. The van der Waals surface area contributed by atoms with Gasteiger partial charge in [0.15, 0.2) is 0 Å². The number of hydrogen-bond donors (Lipinski definition) is 1. The van der Waals surface area contributed by atoms with Gasteiger partial charge in [0, 0.05) is 35.3 Å². The smallest absolute Gasteiger partial charge is 0.255 e. The van der Waals surface area contributed by atoms with Crippen molar-refractivity contribution >= 4 is 11.6 Å². The van der Waals surface area contributed by atoms with Crippen molar-refractivity contribution in [1.29, 1.82) is 0 Å². The third-order valence-electron chi connectivity index (χ3n) is 4.59. The molecule has 1 aromatic heterocycles. The van der Waals surface area contributed by atoms with Crippen molar-refractivity contribution in [1.82, 2.24) is 4.98 Å². The number of nitrogens with one attached hydrogen (secondary N) is 1. The Bertz CT molecular complexity index is 1110. The van der Waals surface area contributed by atoms with Gasteiger partial charge in [0.25, 0.3) is 5.91 Å². The van der Waals surface area contributed by atoms with E-state index in [1.165, 1.54) is 0 Å². The number of rotatable bonds is 8. The molecular formula is C26H22N2O3. The summed E-state index contributed by atoms with van der Waals surface area (Å²) in [5.74, 6) is 1.19. The second-order valence-electron chi connectivity index (χ2n) is 6.93. The largest absolute Gasteiger partial charge is 0.489 e. The van der Waals surface area contributed by atoms with Crippen LogP contribution in [0.1, 0.15) is 21.5 Å². The molecule has 1 amide bonds. The van der Waals surface area contributed by atoms with E-state index < -0.39 is 0 Å². The van der Waals surface area contributed by atoms with Crippen LogP contribution in [0.4, 0.5) is 5.69 Å². The normalized spacial score (nSPS) is 10.3. The quantitative estimate of drug-likeness (QED) is 0.417. The highest BCUT2D eigenvalue weighted by atomic mass is 16.5. The number of anilines is 1. The molecule has 0 saturated carbocycles. The van der Waals surface area contributed by atoms with Crippen LogP contribution < -0.4 is 14.8 Å². The molecule has 1 heterocycles. The van der Waals surface area contributed by atoms with E-state index >= 15 is 0 Å². The molecule has 0 fully saturated rings. The fourth-order valence-electron chi connectivity index (χ4n) is 2.96. The Hall–Kier alpha value is -4.12. The molecule has 0 saturated heterocycles. The molecule has 0 unspecified atom stereocenters. The Labute approximate surface area is 181 Å². The lowest BCUT2D eigenvalue weighted by Gasteiger charge is -2.10. The highest BCUT2D eigenvalue weighted by Gasteiger charge is 2.07. The third-order valence-corrected chi connectivity index (χ3v) is 4.59. The number of hydrogen-bond acceptors (Lipinski definition) is 4. The van der Waals surface area contributed by atoms with E-state index in [1.807, 2.05) is 60.7 Å². The molecule has 0 spiro atoms.